The molecule has 0 aromatic heterocycles. The van der Waals surface area contributed by atoms with E-state index in [2.05, 4.69) is 4.90 Å². The Morgan fingerprint density at radius 3 is 2.48 bits per heavy atom. The summed E-state index contributed by atoms with van der Waals surface area (Å²) in [6, 6.07) is 14.5. The van der Waals surface area contributed by atoms with Crippen LogP contribution in [0, 0.1) is 10.1 Å². The SMILES string of the molecule is CC(c1cccc([N+](=O)[O-])c1)N(C)Cc1ccc(C(=O)N2CCCC2)cc1. The maximum absolute atomic E-state index is 12.4. The van der Waals surface area contributed by atoms with E-state index in [-0.39, 0.29) is 22.6 Å². The van der Waals surface area contributed by atoms with Gasteiger partial charge in [-0.3, -0.25) is 19.8 Å². The third-order valence-corrected chi connectivity index (χ3v) is 5.25. The first-order chi connectivity index (χ1) is 13.0. The van der Waals surface area contributed by atoms with E-state index in [4.69, 9.17) is 0 Å². The Morgan fingerprint density at radius 1 is 1.19 bits per heavy atom. The molecule has 0 radical (unpaired) electrons. The smallest absolute Gasteiger partial charge is 0.269 e. The highest BCUT2D eigenvalue weighted by molar-refractivity contribution is 5.94. The molecule has 27 heavy (non-hydrogen) atoms. The molecule has 6 nitrogen and oxygen atoms in total. The second-order valence-electron chi connectivity index (χ2n) is 7.14. The Labute approximate surface area is 159 Å². The number of carbonyl (C=O) groups is 1. The zero-order valence-corrected chi connectivity index (χ0v) is 15.8. The molecule has 6 heteroatoms. The maximum atomic E-state index is 12.4. The van der Waals surface area contributed by atoms with E-state index in [9.17, 15) is 14.9 Å². The number of nitrogens with zero attached hydrogens (tertiary/aromatic N) is 3. The highest BCUT2D eigenvalue weighted by Gasteiger charge is 2.19. The van der Waals surface area contributed by atoms with Crippen molar-refractivity contribution >= 4 is 11.6 Å². The van der Waals surface area contributed by atoms with Gasteiger partial charge >= 0.3 is 0 Å². The third kappa shape index (κ3) is 4.52. The predicted molar refractivity (Wildman–Crippen MR) is 105 cm³/mol. The van der Waals surface area contributed by atoms with E-state index in [1.807, 2.05) is 49.2 Å². The Kier molecular flexibility index (Phi) is 5.86. The van der Waals surface area contributed by atoms with Crippen molar-refractivity contribution in [1.29, 1.82) is 0 Å². The van der Waals surface area contributed by atoms with Crippen molar-refractivity contribution in [2.75, 3.05) is 20.1 Å². The number of hydrogen-bond acceptors (Lipinski definition) is 4. The van der Waals surface area contributed by atoms with Crippen LogP contribution in [0.4, 0.5) is 5.69 Å². The number of nitro benzene ring substituents is 1. The highest BCUT2D eigenvalue weighted by Crippen LogP contribution is 2.24. The molecule has 0 spiro atoms. The predicted octanol–water partition coefficient (Wildman–Crippen LogP) is 4.02. The Balaban J connectivity index is 1.65. The molecule has 142 valence electrons. The zero-order valence-electron chi connectivity index (χ0n) is 15.8. The molecule has 2 aromatic carbocycles. The summed E-state index contributed by atoms with van der Waals surface area (Å²) < 4.78 is 0. The molecule has 1 atom stereocenters. The standard InChI is InChI=1S/C21H25N3O3/c1-16(19-6-5-7-20(14-19)24(26)27)22(2)15-17-8-10-18(11-9-17)21(25)23-12-3-4-13-23/h5-11,14,16H,3-4,12-13,15H2,1-2H3. The van der Waals surface area contributed by atoms with Crippen LogP contribution in [0.25, 0.3) is 0 Å². The minimum Gasteiger partial charge on any atom is -0.339 e. The van der Waals surface area contributed by atoms with Crippen LogP contribution >= 0.6 is 0 Å². The molecule has 1 unspecified atom stereocenters. The van der Waals surface area contributed by atoms with E-state index in [1.54, 1.807) is 12.1 Å². The number of likely N-dealkylation sites (tertiary alicyclic amines) is 1. The van der Waals surface area contributed by atoms with E-state index in [1.165, 1.54) is 6.07 Å². The van der Waals surface area contributed by atoms with E-state index >= 15 is 0 Å². The average molecular weight is 367 g/mol. The van der Waals surface area contributed by atoms with Gasteiger partial charge in [-0.05, 0) is 50.1 Å². The van der Waals surface area contributed by atoms with Crippen LogP contribution in [-0.4, -0.2) is 40.8 Å². The first-order valence-electron chi connectivity index (χ1n) is 9.28. The van der Waals surface area contributed by atoms with Crippen LogP contribution in [0.15, 0.2) is 48.5 Å². The molecule has 1 fully saturated rings. The van der Waals surface area contributed by atoms with Crippen molar-refractivity contribution in [3.05, 3.63) is 75.3 Å². The molecule has 1 amide bonds. The van der Waals surface area contributed by atoms with Crippen LogP contribution in [0.1, 0.15) is 47.3 Å². The summed E-state index contributed by atoms with van der Waals surface area (Å²) in [6.07, 6.45) is 2.17. The van der Waals surface area contributed by atoms with Gasteiger partial charge in [0, 0.05) is 43.4 Å². The normalized spacial score (nSPS) is 15.1. The van der Waals surface area contributed by atoms with Crippen molar-refractivity contribution in [2.45, 2.75) is 32.4 Å². The number of amides is 1. The molecule has 2 aromatic rings. The summed E-state index contributed by atoms with van der Waals surface area (Å²) in [4.78, 5) is 27.1. The number of carbonyl (C=O) groups excluding carboxylic acids is 1. The summed E-state index contributed by atoms with van der Waals surface area (Å²) >= 11 is 0. The molecular weight excluding hydrogens is 342 g/mol. The fourth-order valence-corrected chi connectivity index (χ4v) is 3.43. The molecule has 0 aliphatic carbocycles. The number of nitro groups is 1. The van der Waals surface area contributed by atoms with Crippen LogP contribution < -0.4 is 0 Å². The quantitative estimate of drug-likeness (QED) is 0.571. The van der Waals surface area contributed by atoms with Crippen molar-refractivity contribution in [3.63, 3.8) is 0 Å². The third-order valence-electron chi connectivity index (χ3n) is 5.25. The van der Waals surface area contributed by atoms with Gasteiger partial charge in [0.2, 0.25) is 0 Å². The fraction of sp³-hybridized carbons (Fsp3) is 0.381. The zero-order chi connectivity index (χ0) is 19.4. The van der Waals surface area contributed by atoms with E-state index in [0.29, 0.717) is 6.54 Å². The fourth-order valence-electron chi connectivity index (χ4n) is 3.43. The first-order valence-corrected chi connectivity index (χ1v) is 9.28. The molecule has 1 heterocycles. The summed E-state index contributed by atoms with van der Waals surface area (Å²) in [5, 5.41) is 11.0. The number of rotatable bonds is 6. The van der Waals surface area contributed by atoms with E-state index < -0.39 is 0 Å². The lowest BCUT2D eigenvalue weighted by Crippen LogP contribution is -2.27. The van der Waals surface area contributed by atoms with Crippen LogP contribution in [0.2, 0.25) is 0 Å². The van der Waals surface area contributed by atoms with Gasteiger partial charge in [0.15, 0.2) is 0 Å². The minimum absolute atomic E-state index is 0.0378. The first kappa shape index (κ1) is 19.0. The topological polar surface area (TPSA) is 66.7 Å². The van der Waals surface area contributed by atoms with Gasteiger partial charge < -0.3 is 4.90 Å². The van der Waals surface area contributed by atoms with Crippen molar-refractivity contribution in [2.24, 2.45) is 0 Å². The van der Waals surface area contributed by atoms with Gasteiger partial charge in [-0.25, -0.2) is 0 Å². The average Bonchev–Trinajstić information content (AvgIpc) is 3.22. The van der Waals surface area contributed by atoms with Crippen LogP contribution in [0.5, 0.6) is 0 Å². The highest BCUT2D eigenvalue weighted by atomic mass is 16.6. The van der Waals surface area contributed by atoms with Gasteiger partial charge in [-0.2, -0.15) is 0 Å². The Morgan fingerprint density at radius 2 is 1.85 bits per heavy atom. The molecule has 0 N–H and O–H groups in total. The van der Waals surface area contributed by atoms with Gasteiger partial charge in [0.1, 0.15) is 0 Å². The summed E-state index contributed by atoms with van der Waals surface area (Å²) in [5.41, 5.74) is 2.85. The lowest BCUT2D eigenvalue weighted by Gasteiger charge is -2.25. The number of non-ortho nitro benzene ring substituents is 1. The van der Waals surface area contributed by atoms with Crippen LogP contribution in [-0.2, 0) is 6.54 Å². The lowest BCUT2D eigenvalue weighted by atomic mass is 10.1. The number of benzene rings is 2. The summed E-state index contributed by atoms with van der Waals surface area (Å²) in [5.74, 6) is 0.109. The van der Waals surface area contributed by atoms with Gasteiger partial charge in [0.25, 0.3) is 11.6 Å². The maximum Gasteiger partial charge on any atom is 0.269 e. The second kappa shape index (κ2) is 8.31. The van der Waals surface area contributed by atoms with E-state index in [0.717, 1.165) is 42.6 Å². The molecule has 3 rings (SSSR count). The molecule has 1 saturated heterocycles. The summed E-state index contributed by atoms with van der Waals surface area (Å²) in [7, 11) is 1.99. The van der Waals surface area contributed by atoms with Gasteiger partial charge in [-0.15, -0.1) is 0 Å². The van der Waals surface area contributed by atoms with Gasteiger partial charge in [0.05, 0.1) is 4.92 Å². The second-order valence-corrected chi connectivity index (χ2v) is 7.14. The largest absolute Gasteiger partial charge is 0.339 e. The Hall–Kier alpha value is -2.73. The number of hydrogen-bond donors (Lipinski definition) is 0. The monoisotopic (exact) mass is 367 g/mol. The van der Waals surface area contributed by atoms with Gasteiger partial charge in [-0.1, -0.05) is 24.3 Å². The summed E-state index contributed by atoms with van der Waals surface area (Å²) in [6.45, 7) is 4.43. The Bertz CT molecular complexity index is 814. The van der Waals surface area contributed by atoms with Crippen molar-refractivity contribution in [3.8, 4) is 0 Å². The molecule has 1 aliphatic heterocycles. The minimum atomic E-state index is -0.369. The van der Waals surface area contributed by atoms with Crippen molar-refractivity contribution < 1.29 is 9.72 Å². The van der Waals surface area contributed by atoms with Crippen LogP contribution in [0.3, 0.4) is 0 Å². The molecule has 0 bridgehead atoms. The molecular formula is C21H25N3O3. The molecule has 0 saturated carbocycles. The molecule has 1 aliphatic rings. The van der Waals surface area contributed by atoms with Crippen molar-refractivity contribution in [1.82, 2.24) is 9.80 Å². The lowest BCUT2D eigenvalue weighted by molar-refractivity contribution is -0.384.